The Morgan fingerprint density at radius 1 is 1.40 bits per heavy atom. The van der Waals surface area contributed by atoms with Crippen LogP contribution >= 0.6 is 24.8 Å². The van der Waals surface area contributed by atoms with Crippen molar-refractivity contribution in [3.63, 3.8) is 0 Å². The monoisotopic (exact) mass is 251 g/mol. The molecule has 0 spiro atoms. The van der Waals surface area contributed by atoms with Gasteiger partial charge in [0.1, 0.15) is 11.5 Å². The molecule has 0 fully saturated rings. The Morgan fingerprint density at radius 3 is 2.67 bits per heavy atom. The molecule has 0 bridgehead atoms. The van der Waals surface area contributed by atoms with Crippen LogP contribution < -0.4 is 5.73 Å². The van der Waals surface area contributed by atoms with Crippen LogP contribution in [0.15, 0.2) is 18.3 Å². The van der Waals surface area contributed by atoms with Gasteiger partial charge < -0.3 is 10.3 Å². The molecule has 0 aliphatic heterocycles. The second-order valence-corrected chi connectivity index (χ2v) is 2.97. The summed E-state index contributed by atoms with van der Waals surface area (Å²) in [7, 11) is 1.87. The lowest BCUT2D eigenvalue weighted by molar-refractivity contribution is 0.623. The minimum absolute atomic E-state index is 0. The normalized spacial score (nSPS) is 9.53. The lowest BCUT2D eigenvalue weighted by Crippen LogP contribution is -2.03. The molecule has 2 rings (SSSR count). The molecule has 2 N–H and O–H groups in total. The van der Waals surface area contributed by atoms with Crippen molar-refractivity contribution < 1.29 is 4.39 Å². The molecular formula is C9H12Cl2FN3. The summed E-state index contributed by atoms with van der Waals surface area (Å²) in [6, 6.07) is 3.31. The van der Waals surface area contributed by atoms with Crippen LogP contribution in [-0.2, 0) is 13.6 Å². The number of aromatic nitrogens is 2. The van der Waals surface area contributed by atoms with Gasteiger partial charge in [0.05, 0.1) is 6.20 Å². The molecule has 15 heavy (non-hydrogen) atoms. The van der Waals surface area contributed by atoms with Crippen LogP contribution in [0.2, 0.25) is 0 Å². The summed E-state index contributed by atoms with van der Waals surface area (Å²) in [6.45, 7) is 0.439. The molecule has 0 aliphatic carbocycles. The van der Waals surface area contributed by atoms with Gasteiger partial charge in [-0.2, -0.15) is 0 Å². The molecule has 84 valence electrons. The van der Waals surface area contributed by atoms with Crippen molar-refractivity contribution in [3.05, 3.63) is 29.8 Å². The number of pyridine rings is 1. The van der Waals surface area contributed by atoms with E-state index in [1.54, 1.807) is 0 Å². The van der Waals surface area contributed by atoms with E-state index in [1.165, 1.54) is 12.3 Å². The number of nitrogens with two attached hydrogens (primary N) is 1. The summed E-state index contributed by atoms with van der Waals surface area (Å²) in [5.41, 5.74) is 7.23. The van der Waals surface area contributed by atoms with Crippen LogP contribution in [0, 0.1) is 5.82 Å². The first-order valence-electron chi connectivity index (χ1n) is 4.02. The fourth-order valence-corrected chi connectivity index (χ4v) is 1.44. The topological polar surface area (TPSA) is 43.8 Å². The van der Waals surface area contributed by atoms with Crippen LogP contribution in [0.1, 0.15) is 5.69 Å². The second-order valence-electron chi connectivity index (χ2n) is 2.97. The number of rotatable bonds is 1. The first-order valence-corrected chi connectivity index (χ1v) is 4.02. The van der Waals surface area contributed by atoms with Gasteiger partial charge in [0, 0.05) is 24.7 Å². The van der Waals surface area contributed by atoms with E-state index in [0.29, 0.717) is 6.54 Å². The minimum Gasteiger partial charge on any atom is -0.331 e. The molecule has 0 saturated carbocycles. The quantitative estimate of drug-likeness (QED) is 0.843. The van der Waals surface area contributed by atoms with E-state index < -0.39 is 0 Å². The summed E-state index contributed by atoms with van der Waals surface area (Å²) in [6.07, 6.45) is 1.21. The van der Waals surface area contributed by atoms with Crippen molar-refractivity contribution in [2.24, 2.45) is 12.8 Å². The SMILES string of the molecule is Cl.Cl.Cn1c(CN)cc2cc(F)cnc21. The third-order valence-corrected chi connectivity index (χ3v) is 2.14. The van der Waals surface area contributed by atoms with Gasteiger partial charge >= 0.3 is 0 Å². The Bertz CT molecular complexity index is 456. The molecule has 0 aromatic carbocycles. The van der Waals surface area contributed by atoms with Gasteiger partial charge in [0.2, 0.25) is 0 Å². The third-order valence-electron chi connectivity index (χ3n) is 2.14. The maximum atomic E-state index is 12.8. The van der Waals surface area contributed by atoms with Crippen LogP contribution in [0.3, 0.4) is 0 Å². The molecule has 0 saturated heterocycles. The van der Waals surface area contributed by atoms with Crippen LogP contribution in [-0.4, -0.2) is 9.55 Å². The number of halogens is 3. The largest absolute Gasteiger partial charge is 0.331 e. The van der Waals surface area contributed by atoms with E-state index in [2.05, 4.69) is 4.98 Å². The smallest absolute Gasteiger partial charge is 0.142 e. The fraction of sp³-hybridized carbons (Fsp3) is 0.222. The Labute approximate surface area is 99.3 Å². The van der Waals surface area contributed by atoms with Crippen molar-refractivity contribution in [2.45, 2.75) is 6.54 Å². The van der Waals surface area contributed by atoms with Gasteiger partial charge in [0.15, 0.2) is 0 Å². The second kappa shape index (κ2) is 5.30. The lowest BCUT2D eigenvalue weighted by atomic mass is 10.3. The van der Waals surface area contributed by atoms with Gasteiger partial charge in [-0.15, -0.1) is 24.8 Å². The number of hydrogen-bond acceptors (Lipinski definition) is 2. The van der Waals surface area contributed by atoms with Crippen molar-refractivity contribution in [2.75, 3.05) is 0 Å². The summed E-state index contributed by atoms with van der Waals surface area (Å²) < 4.78 is 14.6. The Balaban J connectivity index is 0.000000980. The first-order chi connectivity index (χ1) is 6.22. The van der Waals surface area contributed by atoms with Gasteiger partial charge in [-0.25, -0.2) is 9.37 Å². The van der Waals surface area contributed by atoms with Crippen LogP contribution in [0.25, 0.3) is 11.0 Å². The molecule has 3 nitrogen and oxygen atoms in total. The van der Waals surface area contributed by atoms with E-state index in [4.69, 9.17) is 5.73 Å². The number of hydrogen-bond donors (Lipinski definition) is 1. The van der Waals surface area contributed by atoms with E-state index in [9.17, 15) is 4.39 Å². The Hall–Kier alpha value is -0.840. The molecule has 0 aliphatic rings. The molecule has 2 aromatic rings. The minimum atomic E-state index is -0.318. The van der Waals surface area contributed by atoms with Crippen molar-refractivity contribution >= 4 is 35.8 Å². The van der Waals surface area contributed by atoms with E-state index in [-0.39, 0.29) is 30.6 Å². The molecule has 6 heteroatoms. The van der Waals surface area contributed by atoms with Crippen molar-refractivity contribution in [1.29, 1.82) is 0 Å². The number of aryl methyl sites for hydroxylation is 1. The summed E-state index contributed by atoms with van der Waals surface area (Å²) in [4.78, 5) is 3.98. The number of fused-ring (bicyclic) bond motifs is 1. The zero-order valence-electron chi connectivity index (χ0n) is 8.11. The fourth-order valence-electron chi connectivity index (χ4n) is 1.44. The maximum absolute atomic E-state index is 12.8. The summed E-state index contributed by atoms with van der Waals surface area (Å²) in [5.74, 6) is -0.318. The van der Waals surface area contributed by atoms with Gasteiger partial charge in [-0.1, -0.05) is 0 Å². The lowest BCUT2D eigenvalue weighted by Gasteiger charge is -1.98. The molecule has 2 aromatic heterocycles. The van der Waals surface area contributed by atoms with Crippen molar-refractivity contribution in [3.8, 4) is 0 Å². The zero-order valence-corrected chi connectivity index (χ0v) is 9.74. The van der Waals surface area contributed by atoms with Crippen molar-refractivity contribution in [1.82, 2.24) is 9.55 Å². The predicted molar refractivity (Wildman–Crippen MR) is 63.1 cm³/mol. The summed E-state index contributed by atoms with van der Waals surface area (Å²) in [5, 5.41) is 0.794. The highest BCUT2D eigenvalue weighted by atomic mass is 35.5. The van der Waals surface area contributed by atoms with Gasteiger partial charge in [-0.3, -0.25) is 0 Å². The molecular weight excluding hydrogens is 240 g/mol. The average Bonchev–Trinajstić information content (AvgIpc) is 2.42. The zero-order chi connectivity index (χ0) is 9.42. The molecule has 0 atom stereocenters. The van der Waals surface area contributed by atoms with Crippen LogP contribution in [0.4, 0.5) is 4.39 Å². The molecule has 0 unspecified atom stereocenters. The molecule has 0 amide bonds. The highest BCUT2D eigenvalue weighted by molar-refractivity contribution is 5.85. The van der Waals surface area contributed by atoms with E-state index in [0.717, 1.165) is 16.7 Å². The standard InChI is InChI=1S/C9H10FN3.2ClH/c1-13-8(4-11)3-6-2-7(10)5-12-9(6)13;;/h2-3,5H,4,11H2,1H3;2*1H. The molecule has 2 heterocycles. The summed E-state index contributed by atoms with van der Waals surface area (Å²) >= 11 is 0. The highest BCUT2D eigenvalue weighted by Gasteiger charge is 2.05. The van der Waals surface area contributed by atoms with Gasteiger partial charge in [0.25, 0.3) is 0 Å². The highest BCUT2D eigenvalue weighted by Crippen LogP contribution is 2.16. The van der Waals surface area contributed by atoms with E-state index in [1.807, 2.05) is 17.7 Å². The Kier molecular flexibility index (Phi) is 5.00. The predicted octanol–water partition coefficient (Wildman–Crippen LogP) is 2.01. The molecule has 0 radical (unpaired) electrons. The average molecular weight is 252 g/mol. The first kappa shape index (κ1) is 14.2. The number of nitrogens with zero attached hydrogens (tertiary/aromatic N) is 2. The maximum Gasteiger partial charge on any atom is 0.142 e. The van der Waals surface area contributed by atoms with Crippen LogP contribution in [0.5, 0.6) is 0 Å². The Morgan fingerprint density at radius 2 is 2.07 bits per heavy atom. The third kappa shape index (κ3) is 2.40. The van der Waals surface area contributed by atoms with E-state index >= 15 is 0 Å². The van der Waals surface area contributed by atoms with Gasteiger partial charge in [-0.05, 0) is 12.1 Å².